The number of amidine groups is 1. The maximum Gasteiger partial charge on any atom is 0.163 e. The van der Waals surface area contributed by atoms with Crippen molar-refractivity contribution < 1.29 is 4.42 Å². The monoisotopic (exact) mass is 337 g/mol. The van der Waals surface area contributed by atoms with Crippen LogP contribution in [0.3, 0.4) is 0 Å². The predicted octanol–water partition coefficient (Wildman–Crippen LogP) is 3.33. The molecule has 1 unspecified atom stereocenters. The van der Waals surface area contributed by atoms with Crippen LogP contribution in [0.25, 0.3) is 11.5 Å². The lowest BCUT2D eigenvalue weighted by Gasteiger charge is -2.29. The lowest BCUT2D eigenvalue weighted by Crippen LogP contribution is -2.41. The molecule has 0 amide bonds. The van der Waals surface area contributed by atoms with Gasteiger partial charge in [-0.2, -0.15) is 0 Å². The molecule has 4 heterocycles. The third kappa shape index (κ3) is 2.88. The Morgan fingerprint density at radius 3 is 2.72 bits per heavy atom. The molecule has 0 spiro atoms. The van der Waals surface area contributed by atoms with Gasteiger partial charge in [0.2, 0.25) is 0 Å². The van der Waals surface area contributed by atoms with Gasteiger partial charge in [-0.1, -0.05) is 6.08 Å². The van der Waals surface area contributed by atoms with Crippen LogP contribution in [0.4, 0.5) is 0 Å². The minimum Gasteiger partial charge on any atom is -0.460 e. The number of rotatable bonds is 4. The molecule has 6 nitrogen and oxygen atoms in total. The molecular weight excluding hydrogens is 314 g/mol. The van der Waals surface area contributed by atoms with Gasteiger partial charge in [0.1, 0.15) is 23.1 Å². The van der Waals surface area contributed by atoms with E-state index in [0.29, 0.717) is 0 Å². The molecule has 4 rings (SSSR count). The second-order valence-corrected chi connectivity index (χ2v) is 6.71. The summed E-state index contributed by atoms with van der Waals surface area (Å²) < 4.78 is 7.73. The van der Waals surface area contributed by atoms with Gasteiger partial charge in [0.15, 0.2) is 11.9 Å². The summed E-state index contributed by atoms with van der Waals surface area (Å²) in [5.74, 6) is 3.74. The van der Waals surface area contributed by atoms with E-state index in [0.717, 1.165) is 41.7 Å². The smallest absolute Gasteiger partial charge is 0.163 e. The highest BCUT2D eigenvalue weighted by atomic mass is 16.3. The molecule has 2 aliphatic rings. The molecule has 2 aliphatic heterocycles. The quantitative estimate of drug-likeness (QED) is 0.930. The fraction of sp³-hybridized carbons (Fsp3) is 0.368. The molecule has 0 fully saturated rings. The van der Waals surface area contributed by atoms with Gasteiger partial charge in [0, 0.05) is 31.8 Å². The number of aromatic nitrogens is 2. The zero-order chi connectivity index (χ0) is 17.6. The summed E-state index contributed by atoms with van der Waals surface area (Å²) in [6, 6.07) is 3.93. The van der Waals surface area contributed by atoms with E-state index < -0.39 is 0 Å². The first-order chi connectivity index (χ1) is 12.0. The Morgan fingerprint density at radius 1 is 1.16 bits per heavy atom. The highest BCUT2D eigenvalue weighted by Crippen LogP contribution is 2.25. The molecule has 0 bridgehead atoms. The summed E-state index contributed by atoms with van der Waals surface area (Å²) in [7, 11) is 2.02. The molecule has 6 heteroatoms. The molecule has 1 atom stereocenters. The van der Waals surface area contributed by atoms with Gasteiger partial charge in [-0.25, -0.2) is 9.98 Å². The SMILES string of the molecule is CC1=CC=C(C)N2NC(CCc3nc(-c4ccc(C)o4)cn3C)=NC12. The molecule has 0 aromatic carbocycles. The second-order valence-electron chi connectivity index (χ2n) is 6.71. The summed E-state index contributed by atoms with van der Waals surface area (Å²) in [4.78, 5) is 9.55. The lowest BCUT2D eigenvalue weighted by atomic mass is 10.1. The van der Waals surface area contributed by atoms with E-state index in [4.69, 9.17) is 14.4 Å². The predicted molar refractivity (Wildman–Crippen MR) is 97.7 cm³/mol. The third-order valence-electron chi connectivity index (χ3n) is 4.70. The minimum absolute atomic E-state index is 0.0861. The van der Waals surface area contributed by atoms with E-state index in [9.17, 15) is 0 Å². The van der Waals surface area contributed by atoms with Crippen molar-refractivity contribution in [3.63, 3.8) is 0 Å². The molecule has 0 radical (unpaired) electrons. The van der Waals surface area contributed by atoms with Gasteiger partial charge in [-0.05, 0) is 44.6 Å². The van der Waals surface area contributed by atoms with Gasteiger partial charge in [-0.15, -0.1) is 0 Å². The summed E-state index contributed by atoms with van der Waals surface area (Å²) >= 11 is 0. The molecule has 2 aromatic rings. The molecule has 1 N–H and O–H groups in total. The average molecular weight is 337 g/mol. The fourth-order valence-electron chi connectivity index (χ4n) is 3.22. The van der Waals surface area contributed by atoms with Crippen molar-refractivity contribution in [2.75, 3.05) is 0 Å². The molecular formula is C19H23N5O. The zero-order valence-corrected chi connectivity index (χ0v) is 15.1. The fourth-order valence-corrected chi connectivity index (χ4v) is 3.22. The standard InChI is InChI=1S/C19H23N5O/c1-12-5-6-13(2)24-19(12)21-17(22-24)9-10-18-20-15(11-23(18)4)16-8-7-14(3)25-16/h5-8,11,19H,9-10H2,1-4H3,(H,21,22). The van der Waals surface area contributed by atoms with Crippen molar-refractivity contribution in [2.45, 2.75) is 39.8 Å². The van der Waals surface area contributed by atoms with Crippen molar-refractivity contribution in [3.05, 3.63) is 53.3 Å². The van der Waals surface area contributed by atoms with Gasteiger partial charge >= 0.3 is 0 Å². The summed E-state index contributed by atoms with van der Waals surface area (Å²) in [5.41, 5.74) is 6.73. The van der Waals surface area contributed by atoms with Crippen molar-refractivity contribution in [1.82, 2.24) is 20.0 Å². The number of fused-ring (bicyclic) bond motifs is 1. The normalized spacial score (nSPS) is 19.3. The van der Waals surface area contributed by atoms with Crippen LogP contribution in [0.1, 0.15) is 31.9 Å². The topological polar surface area (TPSA) is 58.6 Å². The van der Waals surface area contributed by atoms with Gasteiger partial charge < -0.3 is 8.98 Å². The Bertz CT molecular complexity index is 899. The number of furan rings is 1. The first-order valence-electron chi connectivity index (χ1n) is 8.58. The Hall–Kier alpha value is -2.76. The molecule has 130 valence electrons. The van der Waals surface area contributed by atoms with Gasteiger partial charge in [0.05, 0.1) is 0 Å². The first kappa shape index (κ1) is 15.7. The third-order valence-corrected chi connectivity index (χ3v) is 4.70. The van der Waals surface area contributed by atoms with Crippen LogP contribution in [-0.4, -0.2) is 26.6 Å². The number of nitrogens with one attached hydrogen (secondary N) is 1. The average Bonchev–Trinajstić information content (AvgIpc) is 3.28. The van der Waals surface area contributed by atoms with Crippen LogP contribution >= 0.6 is 0 Å². The lowest BCUT2D eigenvalue weighted by molar-refractivity contribution is 0.273. The Morgan fingerprint density at radius 2 is 2.00 bits per heavy atom. The van der Waals surface area contributed by atoms with Gasteiger partial charge in [0.25, 0.3) is 0 Å². The zero-order valence-electron chi connectivity index (χ0n) is 15.1. The maximum atomic E-state index is 5.67. The van der Waals surface area contributed by atoms with Crippen molar-refractivity contribution in [3.8, 4) is 11.5 Å². The highest BCUT2D eigenvalue weighted by molar-refractivity contribution is 5.84. The van der Waals surface area contributed by atoms with Crippen molar-refractivity contribution >= 4 is 5.84 Å². The largest absolute Gasteiger partial charge is 0.460 e. The summed E-state index contributed by atoms with van der Waals surface area (Å²) in [6.45, 7) is 6.15. The first-order valence-corrected chi connectivity index (χ1v) is 8.58. The highest BCUT2D eigenvalue weighted by Gasteiger charge is 2.29. The number of aryl methyl sites for hydroxylation is 3. The van der Waals surface area contributed by atoms with Crippen LogP contribution in [0.15, 0.2) is 51.2 Å². The van der Waals surface area contributed by atoms with Crippen molar-refractivity contribution in [1.29, 1.82) is 0 Å². The van der Waals surface area contributed by atoms with E-state index in [1.807, 2.05) is 32.3 Å². The van der Waals surface area contributed by atoms with Crippen LogP contribution in [0.5, 0.6) is 0 Å². The second kappa shape index (κ2) is 5.95. The van der Waals surface area contributed by atoms with Crippen LogP contribution in [0, 0.1) is 6.92 Å². The number of hydrogen-bond acceptors (Lipinski definition) is 5. The molecule has 0 saturated heterocycles. The Kier molecular flexibility index (Phi) is 3.75. The number of aliphatic imine (C=N–C) groups is 1. The molecule has 0 saturated carbocycles. The number of hydrazine groups is 1. The number of allylic oxidation sites excluding steroid dienone is 3. The van der Waals surface area contributed by atoms with Gasteiger partial charge in [-0.3, -0.25) is 10.4 Å². The van der Waals surface area contributed by atoms with E-state index in [1.165, 1.54) is 11.3 Å². The maximum absolute atomic E-state index is 5.67. The Balaban J connectivity index is 1.46. The minimum atomic E-state index is 0.0861. The summed E-state index contributed by atoms with van der Waals surface area (Å²) in [6.07, 6.45) is 8.02. The van der Waals surface area contributed by atoms with E-state index in [1.54, 1.807) is 0 Å². The van der Waals surface area contributed by atoms with Crippen LogP contribution in [-0.2, 0) is 13.5 Å². The number of imidazole rings is 1. The van der Waals surface area contributed by atoms with E-state index in [-0.39, 0.29) is 6.17 Å². The molecule has 0 aliphatic carbocycles. The summed E-state index contributed by atoms with van der Waals surface area (Å²) in [5, 5.41) is 2.13. The molecule has 2 aromatic heterocycles. The van der Waals surface area contributed by atoms with Crippen LogP contribution < -0.4 is 5.43 Å². The Labute approximate surface area is 147 Å². The van der Waals surface area contributed by atoms with Crippen molar-refractivity contribution in [2.24, 2.45) is 12.0 Å². The van der Waals surface area contributed by atoms with Crippen LogP contribution in [0.2, 0.25) is 0 Å². The van der Waals surface area contributed by atoms with E-state index in [2.05, 4.69) is 41.0 Å². The number of hydrogen-bond donors (Lipinski definition) is 1. The van der Waals surface area contributed by atoms with E-state index >= 15 is 0 Å². The number of nitrogens with zero attached hydrogens (tertiary/aromatic N) is 4. The molecule has 25 heavy (non-hydrogen) atoms.